The number of hydrogen-bond acceptors (Lipinski definition) is 6. The maximum Gasteiger partial charge on any atom is 0 e. The molecule has 3 rings (SSSR count). The van der Waals surface area contributed by atoms with Crippen LogP contribution in [0.2, 0.25) is 0 Å². The van der Waals surface area contributed by atoms with Gasteiger partial charge in [-0.3, -0.25) is 9.69 Å². The summed E-state index contributed by atoms with van der Waals surface area (Å²) in [5.74, 6) is 2.08. The molecule has 1 aromatic carbocycles. The number of rotatable bonds is 11. The third kappa shape index (κ3) is 11.0. The van der Waals surface area contributed by atoms with Gasteiger partial charge in [-0.1, -0.05) is 18.2 Å². The molecule has 10 heteroatoms. The number of carbonyl (C=O) groups excluding carboxylic acids is 1. The molecule has 0 amide bonds. The number of nitrogens with zero attached hydrogens (tertiary/aromatic N) is 1. The summed E-state index contributed by atoms with van der Waals surface area (Å²) in [7, 11) is 1.62. The Balaban J connectivity index is 0. The molecule has 1 aliphatic heterocycles. The number of benzene rings is 1. The van der Waals surface area contributed by atoms with Gasteiger partial charge in [0, 0.05) is 42.6 Å². The molecule has 1 aliphatic carbocycles. The van der Waals surface area contributed by atoms with E-state index >= 15 is 0 Å². The molecular formula is C28H31FeNO8. The van der Waals surface area contributed by atoms with Crippen LogP contribution in [-0.4, -0.2) is 44.5 Å². The molecule has 0 saturated carbocycles. The van der Waals surface area contributed by atoms with Gasteiger partial charge in [-0.15, -0.1) is 13.2 Å². The molecule has 0 unspecified atom stereocenters. The standard InChI is InChI=1S/C25H31NO5.3CO.Fe/c1-5-10-26(11-6-2)16-20-13-23-24(31-17-30-23)15-21(20)18-8-9-22(28-4)19(12-18)14-25(27)29-7-3;3*1-2;/h5-6,8-9,13,15,18H,1-2,7,10-12,14,16-17H2,3-4H3;;;;/t18-;;;;/m1..../s1. The summed E-state index contributed by atoms with van der Waals surface area (Å²) in [6, 6.07) is 4.12. The number of allylic oxidation sites excluding steroid dienone is 2. The van der Waals surface area contributed by atoms with E-state index in [2.05, 4.69) is 56.2 Å². The Labute approximate surface area is 234 Å². The van der Waals surface area contributed by atoms with E-state index in [1.54, 1.807) is 7.11 Å². The minimum absolute atomic E-state index is 0. The molecule has 9 nitrogen and oxygen atoms in total. The average Bonchev–Trinajstić information content (AvgIpc) is 3.39. The van der Waals surface area contributed by atoms with Crippen molar-refractivity contribution in [3.63, 3.8) is 0 Å². The summed E-state index contributed by atoms with van der Waals surface area (Å²) < 4.78 is 44.4. The van der Waals surface area contributed by atoms with Gasteiger partial charge in [0.1, 0.15) is 5.76 Å². The monoisotopic (exact) mass is 565 g/mol. The van der Waals surface area contributed by atoms with Crippen LogP contribution in [0.4, 0.5) is 0 Å². The molecule has 0 N–H and O–H groups in total. The van der Waals surface area contributed by atoms with Crippen molar-refractivity contribution in [2.75, 3.05) is 33.6 Å². The number of methoxy groups -OCH3 is 1. The van der Waals surface area contributed by atoms with E-state index in [4.69, 9.17) is 32.9 Å². The Morgan fingerprint density at radius 3 is 2.21 bits per heavy atom. The van der Waals surface area contributed by atoms with Crippen LogP contribution in [0.5, 0.6) is 11.5 Å². The van der Waals surface area contributed by atoms with Crippen molar-refractivity contribution in [3.05, 3.63) is 92.0 Å². The van der Waals surface area contributed by atoms with Crippen LogP contribution in [-0.2, 0) is 51.8 Å². The molecule has 0 bridgehead atoms. The van der Waals surface area contributed by atoms with Gasteiger partial charge in [-0.25, -0.2) is 0 Å². The van der Waals surface area contributed by atoms with Crippen molar-refractivity contribution in [1.29, 1.82) is 0 Å². The molecule has 1 atom stereocenters. The third-order valence-corrected chi connectivity index (χ3v) is 5.38. The van der Waals surface area contributed by atoms with Gasteiger partial charge >= 0.3 is 39.9 Å². The molecule has 0 fully saturated rings. The normalized spacial score (nSPS) is 14.1. The second-order valence-electron chi connectivity index (χ2n) is 7.50. The zero-order chi connectivity index (χ0) is 28.2. The van der Waals surface area contributed by atoms with Gasteiger partial charge in [-0.05, 0) is 48.3 Å². The Morgan fingerprint density at radius 1 is 1.11 bits per heavy atom. The zero-order valence-corrected chi connectivity index (χ0v) is 22.6. The van der Waals surface area contributed by atoms with Crippen LogP contribution >= 0.6 is 0 Å². The summed E-state index contributed by atoms with van der Waals surface area (Å²) in [6.07, 6.45) is 8.75. The fraction of sp³-hybridized carbons (Fsp3) is 0.357. The van der Waals surface area contributed by atoms with Gasteiger partial charge in [0.2, 0.25) is 6.79 Å². The van der Waals surface area contributed by atoms with Crippen molar-refractivity contribution in [1.82, 2.24) is 4.90 Å². The summed E-state index contributed by atoms with van der Waals surface area (Å²) >= 11 is 0. The molecule has 0 aromatic heterocycles. The molecule has 2 aliphatic rings. The maximum absolute atomic E-state index is 12.1. The van der Waals surface area contributed by atoms with Gasteiger partial charge in [0.15, 0.2) is 11.5 Å². The minimum atomic E-state index is -0.241. The molecule has 0 radical (unpaired) electrons. The van der Waals surface area contributed by atoms with Gasteiger partial charge in [0.25, 0.3) is 0 Å². The van der Waals surface area contributed by atoms with Crippen molar-refractivity contribution in [2.45, 2.75) is 32.2 Å². The fourth-order valence-corrected chi connectivity index (χ4v) is 4.02. The Hall–Kier alpha value is -3.25. The van der Waals surface area contributed by atoms with Crippen molar-refractivity contribution < 1.29 is 54.8 Å². The zero-order valence-electron chi connectivity index (χ0n) is 21.5. The van der Waals surface area contributed by atoms with E-state index < -0.39 is 0 Å². The van der Waals surface area contributed by atoms with Crippen LogP contribution < -0.4 is 9.47 Å². The first-order chi connectivity index (χ1) is 18.1. The van der Waals surface area contributed by atoms with Gasteiger partial charge in [0.05, 0.1) is 20.1 Å². The number of hydrogen-bond donors (Lipinski definition) is 0. The first-order valence-corrected chi connectivity index (χ1v) is 11.2. The second-order valence-corrected chi connectivity index (χ2v) is 7.50. The topological polar surface area (TPSA) is 117 Å². The Morgan fingerprint density at radius 2 is 1.68 bits per heavy atom. The van der Waals surface area contributed by atoms with E-state index in [1.165, 1.54) is 0 Å². The van der Waals surface area contributed by atoms with Crippen LogP contribution in [0, 0.1) is 20.0 Å². The quantitative estimate of drug-likeness (QED) is 0.129. The number of ether oxygens (including phenoxy) is 4. The van der Waals surface area contributed by atoms with Crippen LogP contribution in [0.15, 0.2) is 60.9 Å². The molecule has 1 heterocycles. The molecule has 38 heavy (non-hydrogen) atoms. The molecular weight excluding hydrogens is 534 g/mol. The SMILES string of the molecule is C=CCN(CC=C)Cc1cc2c(cc1[C@@H]1C=CC(OC)=C(CC(=O)OCC)C1)OCO2.[C-]#[O+].[C-]#[O+].[C-]#[O+].[Fe]. The predicted molar refractivity (Wildman–Crippen MR) is 132 cm³/mol. The first kappa shape index (κ1) is 36.9. The fourth-order valence-electron chi connectivity index (χ4n) is 4.02. The van der Waals surface area contributed by atoms with E-state index in [0.29, 0.717) is 13.0 Å². The first-order valence-electron chi connectivity index (χ1n) is 11.2. The summed E-state index contributed by atoms with van der Waals surface area (Å²) in [4.78, 5) is 14.4. The van der Waals surface area contributed by atoms with Crippen LogP contribution in [0.3, 0.4) is 0 Å². The van der Waals surface area contributed by atoms with E-state index in [0.717, 1.165) is 53.6 Å². The second kappa shape index (κ2) is 21.8. The van der Waals surface area contributed by atoms with E-state index in [1.807, 2.05) is 25.2 Å². The number of carbonyl (C=O) groups is 1. The summed E-state index contributed by atoms with van der Waals surface area (Å²) in [5, 5.41) is 0. The van der Waals surface area contributed by atoms with Crippen LogP contribution in [0.1, 0.15) is 36.8 Å². The molecule has 204 valence electrons. The average molecular weight is 565 g/mol. The van der Waals surface area contributed by atoms with Gasteiger partial charge in [-0.2, -0.15) is 0 Å². The van der Waals surface area contributed by atoms with Crippen LogP contribution in [0.25, 0.3) is 0 Å². The maximum atomic E-state index is 12.1. The number of esters is 1. The summed E-state index contributed by atoms with van der Waals surface area (Å²) in [6.45, 7) is 25.9. The van der Waals surface area contributed by atoms with E-state index in [9.17, 15) is 4.79 Å². The van der Waals surface area contributed by atoms with Crippen molar-refractivity contribution in [3.8, 4) is 11.5 Å². The Kier molecular flexibility index (Phi) is 21.2. The molecule has 0 saturated heterocycles. The third-order valence-electron chi connectivity index (χ3n) is 5.38. The minimum Gasteiger partial charge on any atom is 0 e. The molecule has 1 aromatic rings. The van der Waals surface area contributed by atoms with E-state index in [-0.39, 0.29) is 42.2 Å². The molecule has 0 spiro atoms. The smallest absolute Gasteiger partial charge is 0 e. The number of fused-ring (bicyclic) bond motifs is 1. The largest absolute Gasteiger partial charge is 0 e. The van der Waals surface area contributed by atoms with Crippen molar-refractivity contribution in [2.24, 2.45) is 0 Å². The predicted octanol–water partition coefficient (Wildman–Crippen LogP) is 4.37. The van der Waals surface area contributed by atoms with Gasteiger partial charge < -0.3 is 18.9 Å². The Bertz CT molecular complexity index is 1000. The summed E-state index contributed by atoms with van der Waals surface area (Å²) in [5.41, 5.74) is 3.24. The van der Waals surface area contributed by atoms with Crippen molar-refractivity contribution >= 4 is 5.97 Å².